The highest BCUT2D eigenvalue weighted by atomic mass is 19.4. The number of anilines is 1. The third-order valence-corrected chi connectivity index (χ3v) is 9.16. The van der Waals surface area contributed by atoms with Crippen LogP contribution in [0.4, 0.5) is 27.6 Å². The van der Waals surface area contributed by atoms with Crippen molar-refractivity contribution < 1.29 is 26.7 Å². The van der Waals surface area contributed by atoms with Crippen molar-refractivity contribution in [2.45, 2.75) is 88.0 Å². The quantitative estimate of drug-likeness (QED) is 0.328. The van der Waals surface area contributed by atoms with Gasteiger partial charge in [-0.25, -0.2) is 8.78 Å². The average Bonchev–Trinajstić information content (AvgIpc) is 3.42. The number of aromatic nitrogens is 3. The highest BCUT2D eigenvalue weighted by Gasteiger charge is 2.57. The Balaban J connectivity index is 1.34. The van der Waals surface area contributed by atoms with Gasteiger partial charge in [-0.1, -0.05) is 12.1 Å². The molecule has 2 saturated carbocycles. The topological polar surface area (TPSA) is 63.0 Å². The first kappa shape index (κ1) is 27.8. The van der Waals surface area contributed by atoms with Crippen molar-refractivity contribution in [1.29, 1.82) is 0 Å². The van der Waals surface area contributed by atoms with Gasteiger partial charge in [-0.05, 0) is 74.1 Å². The van der Waals surface area contributed by atoms with Crippen LogP contribution in [-0.4, -0.2) is 32.1 Å². The third-order valence-electron chi connectivity index (χ3n) is 9.16. The molecule has 1 atom stereocenters. The molecule has 1 N–H and O–H groups in total. The number of aryl methyl sites for hydroxylation is 1. The van der Waals surface area contributed by atoms with Crippen LogP contribution in [0.5, 0.6) is 0 Å². The van der Waals surface area contributed by atoms with E-state index in [9.17, 15) is 26.7 Å². The van der Waals surface area contributed by atoms with E-state index < -0.39 is 41.8 Å². The Kier molecular flexibility index (Phi) is 6.33. The van der Waals surface area contributed by atoms with E-state index in [1.807, 2.05) is 6.92 Å². The predicted octanol–water partition coefficient (Wildman–Crippen LogP) is 6.50. The molecule has 1 aromatic heterocycles. The number of alkyl halides is 5. The summed E-state index contributed by atoms with van der Waals surface area (Å²) in [4.78, 5) is 15.0. The third kappa shape index (κ3) is 4.91. The van der Waals surface area contributed by atoms with Gasteiger partial charge in [0.2, 0.25) is 5.92 Å². The lowest BCUT2D eigenvalue weighted by Crippen LogP contribution is -2.51. The summed E-state index contributed by atoms with van der Waals surface area (Å²) in [5.41, 5.74) is -0.547. The minimum absolute atomic E-state index is 0.0246. The number of hydrogen-bond donors (Lipinski definition) is 1. The first-order chi connectivity index (χ1) is 19.2. The van der Waals surface area contributed by atoms with Crippen molar-refractivity contribution in [1.82, 2.24) is 20.1 Å². The predicted molar refractivity (Wildman–Crippen MR) is 143 cm³/mol. The number of amides is 1. The zero-order chi connectivity index (χ0) is 29.4. The molecule has 218 valence electrons. The van der Waals surface area contributed by atoms with Gasteiger partial charge in [0.1, 0.15) is 12.2 Å². The maximum Gasteiger partial charge on any atom is 0.416 e. The summed E-state index contributed by atoms with van der Waals surface area (Å²) in [5, 5.41) is 11.4. The molecule has 3 aliphatic rings. The van der Waals surface area contributed by atoms with E-state index in [4.69, 9.17) is 0 Å². The van der Waals surface area contributed by atoms with Crippen LogP contribution in [0.1, 0.15) is 90.4 Å². The molecule has 0 spiro atoms. The molecule has 1 unspecified atom stereocenters. The Morgan fingerprint density at radius 1 is 1.12 bits per heavy atom. The number of halogens is 5. The number of fused-ring (bicyclic) bond motifs is 1. The standard InChI is InChI=1S/C30H32F5N5O/c1-18(37-27(2)8-5-9-27)19-10-22-23(24(11-19)30(33,34)35)14-40(26(22)41)21-7-4-6-20(12-21)28(15-29(31,32)16-28)13-25-38-36-17-39(25)3/h4,6-7,10-12,17-18,37H,5,8-9,13-16H2,1-3H3. The SMILES string of the molecule is CC(NC1(C)CCC1)c1cc2c(c(C(F)(F)F)c1)CN(c1cccc(C3(Cc4nncn4C)CC(F)(F)C3)c1)C2=O. The van der Waals surface area contributed by atoms with E-state index in [2.05, 4.69) is 22.4 Å². The Morgan fingerprint density at radius 3 is 2.44 bits per heavy atom. The lowest BCUT2D eigenvalue weighted by atomic mass is 9.60. The van der Waals surface area contributed by atoms with Gasteiger partial charge in [-0.15, -0.1) is 10.2 Å². The van der Waals surface area contributed by atoms with Crippen LogP contribution >= 0.6 is 0 Å². The van der Waals surface area contributed by atoms with Crippen molar-refractivity contribution in [2.24, 2.45) is 7.05 Å². The van der Waals surface area contributed by atoms with Crippen molar-refractivity contribution in [2.75, 3.05) is 4.90 Å². The van der Waals surface area contributed by atoms with Crippen molar-refractivity contribution in [3.05, 3.63) is 76.4 Å². The van der Waals surface area contributed by atoms with Crippen LogP contribution in [-0.2, 0) is 31.6 Å². The molecule has 0 bridgehead atoms. The first-order valence-electron chi connectivity index (χ1n) is 13.8. The molecule has 11 heteroatoms. The van der Waals surface area contributed by atoms with E-state index in [1.165, 1.54) is 11.2 Å². The van der Waals surface area contributed by atoms with Crippen molar-refractivity contribution >= 4 is 11.6 Å². The summed E-state index contributed by atoms with van der Waals surface area (Å²) < 4.78 is 73.1. The maximum atomic E-state index is 14.3. The monoisotopic (exact) mass is 573 g/mol. The number of carbonyl (C=O) groups is 1. The van der Waals surface area contributed by atoms with E-state index in [-0.39, 0.29) is 35.7 Å². The van der Waals surface area contributed by atoms with Gasteiger partial charge in [0.25, 0.3) is 5.91 Å². The van der Waals surface area contributed by atoms with E-state index in [1.54, 1.807) is 41.9 Å². The summed E-state index contributed by atoms with van der Waals surface area (Å²) >= 11 is 0. The van der Waals surface area contributed by atoms with Gasteiger partial charge in [-0.2, -0.15) is 13.2 Å². The fourth-order valence-corrected chi connectivity index (χ4v) is 6.74. The van der Waals surface area contributed by atoms with E-state index >= 15 is 0 Å². The largest absolute Gasteiger partial charge is 0.416 e. The molecule has 1 amide bonds. The van der Waals surface area contributed by atoms with Crippen molar-refractivity contribution in [3.8, 4) is 0 Å². The lowest BCUT2D eigenvalue weighted by Gasteiger charge is -2.48. The highest BCUT2D eigenvalue weighted by Crippen LogP contribution is 2.55. The fraction of sp³-hybridized carbons (Fsp3) is 0.500. The summed E-state index contributed by atoms with van der Waals surface area (Å²) in [6.07, 6.45) is -0.739. The number of hydrogen-bond acceptors (Lipinski definition) is 4. The van der Waals surface area contributed by atoms with Crippen LogP contribution in [0, 0.1) is 0 Å². The number of rotatable bonds is 7. The number of nitrogens with zero attached hydrogens (tertiary/aromatic N) is 4. The van der Waals surface area contributed by atoms with E-state index in [0.29, 0.717) is 22.6 Å². The Hall–Kier alpha value is -3.34. The van der Waals surface area contributed by atoms with Crippen LogP contribution in [0.15, 0.2) is 42.7 Å². The van der Waals surface area contributed by atoms with Gasteiger partial charge in [0, 0.05) is 54.6 Å². The maximum absolute atomic E-state index is 14.3. The van der Waals surface area contributed by atoms with Crippen molar-refractivity contribution in [3.63, 3.8) is 0 Å². The summed E-state index contributed by atoms with van der Waals surface area (Å²) in [6.45, 7) is 3.62. The van der Waals surface area contributed by atoms with Gasteiger partial charge < -0.3 is 14.8 Å². The molecule has 0 radical (unpaired) electrons. The van der Waals surface area contributed by atoms with Gasteiger partial charge in [0.15, 0.2) is 0 Å². The molecule has 2 aliphatic carbocycles. The summed E-state index contributed by atoms with van der Waals surface area (Å²) in [6, 6.07) is 9.03. The molecule has 6 nitrogen and oxygen atoms in total. The summed E-state index contributed by atoms with van der Waals surface area (Å²) in [7, 11) is 1.74. The zero-order valence-electron chi connectivity index (χ0n) is 23.2. The minimum atomic E-state index is -4.64. The fourth-order valence-electron chi connectivity index (χ4n) is 6.74. The molecular weight excluding hydrogens is 541 g/mol. The summed E-state index contributed by atoms with van der Waals surface area (Å²) in [5.74, 6) is -2.82. The number of nitrogens with one attached hydrogen (secondary N) is 1. The molecule has 3 aromatic rings. The molecule has 2 aromatic carbocycles. The van der Waals surface area contributed by atoms with Crippen LogP contribution < -0.4 is 10.2 Å². The second-order valence-electron chi connectivity index (χ2n) is 12.3. The number of carbonyl (C=O) groups excluding carboxylic acids is 1. The molecule has 41 heavy (non-hydrogen) atoms. The lowest BCUT2D eigenvalue weighted by molar-refractivity contribution is -0.138. The normalized spacial score (nSPS) is 21.3. The average molecular weight is 574 g/mol. The second kappa shape index (κ2) is 9.34. The molecular formula is C30H32F5N5O. The molecule has 6 rings (SSSR count). The van der Waals surface area contributed by atoms with Gasteiger partial charge in [-0.3, -0.25) is 4.79 Å². The number of benzene rings is 2. The van der Waals surface area contributed by atoms with Gasteiger partial charge in [0.05, 0.1) is 12.1 Å². The molecule has 2 fully saturated rings. The van der Waals surface area contributed by atoms with E-state index in [0.717, 1.165) is 25.3 Å². The first-order valence-corrected chi connectivity index (χ1v) is 13.8. The van der Waals surface area contributed by atoms with Crippen LogP contribution in [0.25, 0.3) is 0 Å². The second-order valence-corrected chi connectivity index (χ2v) is 12.3. The highest BCUT2D eigenvalue weighted by molar-refractivity contribution is 6.10. The molecule has 0 saturated heterocycles. The Labute approximate surface area is 234 Å². The Bertz CT molecular complexity index is 1500. The minimum Gasteiger partial charge on any atom is -0.321 e. The molecule has 2 heterocycles. The van der Waals surface area contributed by atoms with Crippen LogP contribution in [0.2, 0.25) is 0 Å². The van der Waals surface area contributed by atoms with Crippen LogP contribution in [0.3, 0.4) is 0 Å². The molecule has 1 aliphatic heterocycles. The van der Waals surface area contributed by atoms with Gasteiger partial charge >= 0.3 is 6.18 Å². The smallest absolute Gasteiger partial charge is 0.321 e. The zero-order valence-corrected chi connectivity index (χ0v) is 23.2. The Morgan fingerprint density at radius 2 is 1.85 bits per heavy atom.